The molecule has 0 saturated carbocycles. The number of ketones is 2. The molecule has 0 aliphatic heterocycles. The smallest absolute Gasteiger partial charge is 0.185 e. The first-order valence-corrected chi connectivity index (χ1v) is 10.4. The zero-order valence-electron chi connectivity index (χ0n) is 18.5. The van der Waals surface area contributed by atoms with Gasteiger partial charge < -0.3 is 0 Å². The summed E-state index contributed by atoms with van der Waals surface area (Å²) in [4.78, 5) is 23.5. The molecule has 34 heavy (non-hydrogen) atoms. The second-order valence-electron chi connectivity index (χ2n) is 6.95. The Morgan fingerprint density at radius 1 is 0.412 bits per heavy atom. The van der Waals surface area contributed by atoms with Crippen molar-refractivity contribution < 1.29 is 9.59 Å². The van der Waals surface area contributed by atoms with Crippen LogP contribution in [0.4, 0.5) is 0 Å². The Morgan fingerprint density at radius 2 is 0.676 bits per heavy atom. The quantitative estimate of drug-likeness (QED) is 0.170. The average Bonchev–Trinajstić information content (AvgIpc) is 2.88. The molecule has 0 heterocycles. The molecule has 0 aliphatic rings. The molecule has 0 N–H and O–H groups in total. The second-order valence-corrected chi connectivity index (χ2v) is 6.95. The highest BCUT2D eigenvalue weighted by Crippen LogP contribution is 2.06. The summed E-state index contributed by atoms with van der Waals surface area (Å²) in [6.07, 6.45) is 6.86. The Kier molecular flexibility index (Phi) is 13.8. The van der Waals surface area contributed by atoms with Gasteiger partial charge in [-0.2, -0.15) is 0 Å². The summed E-state index contributed by atoms with van der Waals surface area (Å²) in [6, 6.07) is 38.1. The zero-order valence-corrected chi connectivity index (χ0v) is 21.9. The van der Waals surface area contributed by atoms with Gasteiger partial charge in [-0.15, -0.1) is 34.0 Å². The van der Waals surface area contributed by atoms with E-state index >= 15 is 0 Å². The van der Waals surface area contributed by atoms with Crippen LogP contribution in [0.15, 0.2) is 133 Å². The molecular weight excluding hydrogens is 552 g/mol. The number of hydrogen-bond acceptors (Lipinski definition) is 2. The van der Waals surface area contributed by atoms with Gasteiger partial charge in [-0.25, -0.2) is 0 Å². The minimum atomic E-state index is 0. The van der Waals surface area contributed by atoms with E-state index in [-0.39, 0.29) is 45.5 Å². The molecule has 4 heteroatoms. The number of halogens is 2. The number of carbonyl (C=O) groups is 2. The summed E-state index contributed by atoms with van der Waals surface area (Å²) in [5.41, 5.74) is 3.50. The zero-order chi connectivity index (χ0) is 22.4. The Morgan fingerprint density at radius 3 is 0.971 bits per heavy atom. The van der Waals surface area contributed by atoms with Crippen LogP contribution in [-0.2, 0) is 0 Å². The lowest BCUT2D eigenvalue weighted by atomic mass is 10.1. The summed E-state index contributed by atoms with van der Waals surface area (Å²) in [7, 11) is 0. The first-order chi connectivity index (χ1) is 15.7. The molecule has 0 bridgehead atoms. The number of benzene rings is 4. The largest absolute Gasteiger partial charge is 0.289 e. The van der Waals surface area contributed by atoms with Crippen LogP contribution in [0.3, 0.4) is 0 Å². The van der Waals surface area contributed by atoms with E-state index in [4.69, 9.17) is 0 Å². The van der Waals surface area contributed by atoms with Crippen molar-refractivity contribution in [1.82, 2.24) is 0 Å². The van der Waals surface area contributed by atoms with Crippen LogP contribution in [0.1, 0.15) is 31.8 Å². The lowest BCUT2D eigenvalue weighted by Gasteiger charge is -1.94. The monoisotopic (exact) mass is 576 g/mol. The van der Waals surface area contributed by atoms with Crippen molar-refractivity contribution in [2.24, 2.45) is 0 Å². The van der Waals surface area contributed by atoms with Gasteiger partial charge in [-0.05, 0) is 23.3 Å². The van der Waals surface area contributed by atoms with E-state index in [1.165, 1.54) is 0 Å². The third-order valence-corrected chi connectivity index (χ3v) is 4.57. The molecule has 0 spiro atoms. The molecule has 172 valence electrons. The maximum atomic E-state index is 11.7. The van der Waals surface area contributed by atoms with Crippen molar-refractivity contribution >= 4 is 57.7 Å². The van der Waals surface area contributed by atoms with Crippen molar-refractivity contribution in [3.05, 3.63) is 156 Å². The van der Waals surface area contributed by atoms with E-state index in [0.29, 0.717) is 0 Å². The molecule has 0 aromatic heterocycles. The lowest BCUT2D eigenvalue weighted by Crippen LogP contribution is -1.92. The van der Waals surface area contributed by atoms with Crippen molar-refractivity contribution in [1.29, 1.82) is 0 Å². The van der Waals surface area contributed by atoms with Crippen molar-refractivity contribution in [2.45, 2.75) is 0 Å². The lowest BCUT2D eigenvalue weighted by molar-refractivity contribution is 0.103. The maximum Gasteiger partial charge on any atom is 0.185 e. The summed E-state index contributed by atoms with van der Waals surface area (Å²) in [6.45, 7) is 0. The van der Waals surface area contributed by atoms with E-state index in [0.717, 1.165) is 22.3 Å². The van der Waals surface area contributed by atoms with E-state index in [1.807, 2.05) is 133 Å². The molecule has 0 saturated heterocycles. The molecule has 0 amide bonds. The fraction of sp³-hybridized carbons (Fsp3) is 0. The summed E-state index contributed by atoms with van der Waals surface area (Å²) in [5.74, 6) is 0.0638. The molecule has 4 aromatic carbocycles. The Hall–Kier alpha value is -3.34. The van der Waals surface area contributed by atoms with Crippen molar-refractivity contribution in [3.8, 4) is 0 Å². The van der Waals surface area contributed by atoms with Gasteiger partial charge >= 0.3 is 0 Å². The van der Waals surface area contributed by atoms with Crippen LogP contribution in [0.25, 0.3) is 12.2 Å². The van der Waals surface area contributed by atoms with Gasteiger partial charge in [0.25, 0.3) is 0 Å². The molecule has 0 fully saturated rings. The average molecular weight is 578 g/mol. The Balaban J connectivity index is 0.000000321. The molecule has 4 aromatic rings. The standard InChI is InChI=1S/2C15H12O.2BrH/c2*16-15(14-9-5-2-6-10-14)12-11-13-7-3-1-4-8-13;;/h2*1-12H;2*1H/b2*12-11-;;. The van der Waals surface area contributed by atoms with Crippen LogP contribution in [0.2, 0.25) is 0 Å². The van der Waals surface area contributed by atoms with Gasteiger partial charge in [0.2, 0.25) is 0 Å². The van der Waals surface area contributed by atoms with Gasteiger partial charge in [-0.1, -0.05) is 133 Å². The Labute approximate surface area is 222 Å². The third kappa shape index (κ3) is 10.1. The van der Waals surface area contributed by atoms with E-state index in [9.17, 15) is 9.59 Å². The fourth-order valence-corrected chi connectivity index (χ4v) is 2.87. The molecule has 0 unspecified atom stereocenters. The normalized spacial score (nSPS) is 9.88. The van der Waals surface area contributed by atoms with Gasteiger partial charge in [-0.3, -0.25) is 9.59 Å². The summed E-state index contributed by atoms with van der Waals surface area (Å²) < 4.78 is 0. The van der Waals surface area contributed by atoms with Crippen LogP contribution in [-0.4, -0.2) is 11.6 Å². The number of rotatable bonds is 6. The highest BCUT2D eigenvalue weighted by Gasteiger charge is 1.99. The van der Waals surface area contributed by atoms with Crippen molar-refractivity contribution in [2.75, 3.05) is 0 Å². The van der Waals surface area contributed by atoms with Crippen molar-refractivity contribution in [3.63, 3.8) is 0 Å². The highest BCUT2D eigenvalue weighted by atomic mass is 79.9. The van der Waals surface area contributed by atoms with Gasteiger partial charge in [0, 0.05) is 11.1 Å². The van der Waals surface area contributed by atoms with E-state index in [1.54, 1.807) is 12.2 Å². The van der Waals surface area contributed by atoms with Crippen LogP contribution in [0.5, 0.6) is 0 Å². The van der Waals surface area contributed by atoms with Gasteiger partial charge in [0.1, 0.15) is 0 Å². The molecule has 0 aliphatic carbocycles. The first-order valence-electron chi connectivity index (χ1n) is 10.4. The van der Waals surface area contributed by atoms with Crippen LogP contribution < -0.4 is 0 Å². The number of hydrogen-bond donors (Lipinski definition) is 0. The molecule has 2 nitrogen and oxygen atoms in total. The molecule has 0 atom stereocenters. The Bertz CT molecular complexity index is 1070. The number of allylic oxidation sites excluding steroid dienone is 2. The van der Waals surface area contributed by atoms with Crippen LogP contribution in [0, 0.1) is 0 Å². The second kappa shape index (κ2) is 16.3. The topological polar surface area (TPSA) is 34.1 Å². The summed E-state index contributed by atoms with van der Waals surface area (Å²) in [5, 5.41) is 0. The first kappa shape index (κ1) is 28.7. The van der Waals surface area contributed by atoms with E-state index < -0.39 is 0 Å². The van der Waals surface area contributed by atoms with Crippen LogP contribution >= 0.6 is 34.0 Å². The molecule has 0 radical (unpaired) electrons. The van der Waals surface area contributed by atoms with Gasteiger partial charge in [0.05, 0.1) is 0 Å². The van der Waals surface area contributed by atoms with E-state index in [2.05, 4.69) is 0 Å². The maximum absolute atomic E-state index is 11.7. The minimum Gasteiger partial charge on any atom is -0.289 e. The molecular formula is C30H26Br2O2. The SMILES string of the molecule is Br.Br.O=C(/C=C\c1ccccc1)c1ccccc1.O=C(/C=C\c1ccccc1)c1ccccc1. The molecule has 4 rings (SSSR count). The van der Waals surface area contributed by atoms with Gasteiger partial charge in [0.15, 0.2) is 11.6 Å². The third-order valence-electron chi connectivity index (χ3n) is 4.57. The summed E-state index contributed by atoms with van der Waals surface area (Å²) >= 11 is 0. The fourth-order valence-electron chi connectivity index (χ4n) is 2.87. The number of carbonyl (C=O) groups excluding carboxylic acids is 2. The predicted molar refractivity (Wildman–Crippen MR) is 153 cm³/mol. The highest BCUT2D eigenvalue weighted by molar-refractivity contribution is 8.93. The predicted octanol–water partition coefficient (Wildman–Crippen LogP) is 8.32. The minimum absolute atomic E-state index is 0.